The van der Waals surface area contributed by atoms with Crippen LogP contribution in [0.1, 0.15) is 34.0 Å². The van der Waals surface area contributed by atoms with Crippen LogP contribution in [0.4, 0.5) is 0 Å². The van der Waals surface area contributed by atoms with Crippen LogP contribution in [0.25, 0.3) is 0 Å². The molecule has 1 unspecified atom stereocenters. The molecule has 0 saturated heterocycles. The standard InChI is InChI=1S/C13H15NOS/c1-3-10-5-4-6-11(7-10)13(15)12-8-14-9(2)16-12/h4-8,13,15H,3H2,1-2H3. The quantitative estimate of drug-likeness (QED) is 0.883. The van der Waals surface area contributed by atoms with Crippen molar-refractivity contribution in [3.05, 3.63) is 51.5 Å². The Balaban J connectivity index is 2.29. The Bertz CT molecular complexity index is 478. The maximum Gasteiger partial charge on any atom is 0.115 e. The molecule has 1 heterocycles. The minimum atomic E-state index is -0.544. The topological polar surface area (TPSA) is 33.1 Å². The summed E-state index contributed by atoms with van der Waals surface area (Å²) in [6.45, 7) is 4.06. The Labute approximate surface area is 99.6 Å². The van der Waals surface area contributed by atoms with Crippen molar-refractivity contribution < 1.29 is 5.11 Å². The van der Waals surface area contributed by atoms with Crippen LogP contribution in [0.3, 0.4) is 0 Å². The van der Waals surface area contributed by atoms with Crippen molar-refractivity contribution in [3.63, 3.8) is 0 Å². The van der Waals surface area contributed by atoms with E-state index in [9.17, 15) is 5.11 Å². The molecule has 2 nitrogen and oxygen atoms in total. The zero-order valence-corrected chi connectivity index (χ0v) is 10.3. The number of rotatable bonds is 3. The van der Waals surface area contributed by atoms with Gasteiger partial charge in [-0.25, -0.2) is 4.98 Å². The van der Waals surface area contributed by atoms with E-state index < -0.39 is 6.10 Å². The first-order valence-corrected chi connectivity index (χ1v) is 6.21. The van der Waals surface area contributed by atoms with Crippen molar-refractivity contribution >= 4 is 11.3 Å². The molecule has 0 aliphatic heterocycles. The Hall–Kier alpha value is -1.19. The first-order valence-electron chi connectivity index (χ1n) is 5.40. The number of benzene rings is 1. The minimum Gasteiger partial charge on any atom is -0.383 e. The average molecular weight is 233 g/mol. The molecule has 0 aliphatic carbocycles. The summed E-state index contributed by atoms with van der Waals surface area (Å²) >= 11 is 1.54. The highest BCUT2D eigenvalue weighted by molar-refractivity contribution is 7.11. The highest BCUT2D eigenvalue weighted by Crippen LogP contribution is 2.27. The van der Waals surface area contributed by atoms with Crippen molar-refractivity contribution in [2.24, 2.45) is 0 Å². The minimum absolute atomic E-state index is 0.544. The van der Waals surface area contributed by atoms with Crippen molar-refractivity contribution in [2.75, 3.05) is 0 Å². The number of hydrogen-bond donors (Lipinski definition) is 1. The molecule has 84 valence electrons. The van der Waals surface area contributed by atoms with Gasteiger partial charge in [0.25, 0.3) is 0 Å². The lowest BCUT2D eigenvalue weighted by Gasteiger charge is -2.09. The number of aryl methyl sites for hydroxylation is 2. The number of aliphatic hydroxyl groups is 1. The predicted molar refractivity (Wildman–Crippen MR) is 66.7 cm³/mol. The fraction of sp³-hybridized carbons (Fsp3) is 0.308. The molecule has 2 aromatic rings. The molecule has 0 aliphatic rings. The molecule has 3 heteroatoms. The van der Waals surface area contributed by atoms with E-state index in [2.05, 4.69) is 24.0 Å². The second-order valence-electron chi connectivity index (χ2n) is 3.78. The van der Waals surface area contributed by atoms with E-state index in [0.717, 1.165) is 21.9 Å². The van der Waals surface area contributed by atoms with Gasteiger partial charge in [0.2, 0.25) is 0 Å². The zero-order valence-electron chi connectivity index (χ0n) is 9.47. The lowest BCUT2D eigenvalue weighted by Crippen LogP contribution is -1.97. The molecule has 2 rings (SSSR count). The Morgan fingerprint density at radius 2 is 2.25 bits per heavy atom. The number of aromatic nitrogens is 1. The van der Waals surface area contributed by atoms with Gasteiger partial charge in [-0.1, -0.05) is 31.2 Å². The van der Waals surface area contributed by atoms with E-state index in [1.54, 1.807) is 17.5 Å². The third-order valence-corrected chi connectivity index (χ3v) is 3.55. The van der Waals surface area contributed by atoms with E-state index in [4.69, 9.17) is 0 Å². The van der Waals surface area contributed by atoms with Crippen LogP contribution in [0.2, 0.25) is 0 Å². The molecular weight excluding hydrogens is 218 g/mol. The molecular formula is C13H15NOS. The average Bonchev–Trinajstić information content (AvgIpc) is 2.75. The van der Waals surface area contributed by atoms with Gasteiger partial charge in [-0.2, -0.15) is 0 Å². The van der Waals surface area contributed by atoms with Gasteiger partial charge in [-0.3, -0.25) is 0 Å². The van der Waals surface area contributed by atoms with E-state index in [-0.39, 0.29) is 0 Å². The third kappa shape index (κ3) is 2.31. The fourth-order valence-electron chi connectivity index (χ4n) is 1.65. The van der Waals surface area contributed by atoms with Gasteiger partial charge < -0.3 is 5.11 Å². The summed E-state index contributed by atoms with van der Waals surface area (Å²) in [5, 5.41) is 11.2. The second kappa shape index (κ2) is 4.76. The normalized spacial score (nSPS) is 12.7. The van der Waals surface area contributed by atoms with Crippen LogP contribution >= 0.6 is 11.3 Å². The Morgan fingerprint density at radius 3 is 2.88 bits per heavy atom. The van der Waals surface area contributed by atoms with E-state index in [1.807, 2.05) is 19.1 Å². The molecule has 0 bridgehead atoms. The lowest BCUT2D eigenvalue weighted by molar-refractivity contribution is 0.224. The Kier molecular flexibility index (Phi) is 3.36. The van der Waals surface area contributed by atoms with Gasteiger partial charge in [0.05, 0.1) is 9.88 Å². The van der Waals surface area contributed by atoms with Gasteiger partial charge in [-0.05, 0) is 24.5 Å². The van der Waals surface area contributed by atoms with Crippen molar-refractivity contribution in [1.29, 1.82) is 0 Å². The molecule has 0 fully saturated rings. The fourth-order valence-corrected chi connectivity index (χ4v) is 2.45. The summed E-state index contributed by atoms with van der Waals surface area (Å²) in [5.41, 5.74) is 2.20. The van der Waals surface area contributed by atoms with E-state index >= 15 is 0 Å². The van der Waals surface area contributed by atoms with Crippen molar-refractivity contribution in [1.82, 2.24) is 4.98 Å². The maximum absolute atomic E-state index is 10.2. The smallest absolute Gasteiger partial charge is 0.115 e. The Morgan fingerprint density at radius 1 is 1.44 bits per heavy atom. The van der Waals surface area contributed by atoms with Gasteiger partial charge in [-0.15, -0.1) is 11.3 Å². The SMILES string of the molecule is CCc1cccc(C(O)c2cnc(C)s2)c1. The zero-order chi connectivity index (χ0) is 11.5. The van der Waals surface area contributed by atoms with Crippen molar-refractivity contribution in [2.45, 2.75) is 26.4 Å². The van der Waals surface area contributed by atoms with Gasteiger partial charge in [0.1, 0.15) is 6.10 Å². The van der Waals surface area contributed by atoms with Gasteiger partial charge in [0.15, 0.2) is 0 Å². The summed E-state index contributed by atoms with van der Waals surface area (Å²) in [4.78, 5) is 5.07. The van der Waals surface area contributed by atoms with Crippen LogP contribution in [0.15, 0.2) is 30.5 Å². The highest BCUT2D eigenvalue weighted by Gasteiger charge is 2.13. The largest absolute Gasteiger partial charge is 0.383 e. The lowest BCUT2D eigenvalue weighted by atomic mass is 10.0. The molecule has 1 N–H and O–H groups in total. The first kappa shape index (κ1) is 11.3. The van der Waals surface area contributed by atoms with Gasteiger partial charge in [0, 0.05) is 6.20 Å². The van der Waals surface area contributed by atoms with E-state index in [1.165, 1.54) is 5.56 Å². The van der Waals surface area contributed by atoms with Crippen LogP contribution in [0.5, 0.6) is 0 Å². The molecule has 0 spiro atoms. The molecule has 0 saturated carbocycles. The number of thiazole rings is 1. The summed E-state index contributed by atoms with van der Waals surface area (Å²) in [6, 6.07) is 8.08. The predicted octanol–water partition coefficient (Wildman–Crippen LogP) is 3.10. The summed E-state index contributed by atoms with van der Waals surface area (Å²) in [7, 11) is 0. The number of hydrogen-bond acceptors (Lipinski definition) is 3. The first-order chi connectivity index (χ1) is 7.70. The molecule has 0 amide bonds. The molecule has 1 atom stereocenters. The van der Waals surface area contributed by atoms with Crippen LogP contribution in [-0.2, 0) is 6.42 Å². The molecule has 0 radical (unpaired) electrons. The van der Waals surface area contributed by atoms with Crippen LogP contribution in [-0.4, -0.2) is 10.1 Å². The molecule has 1 aromatic heterocycles. The summed E-state index contributed by atoms with van der Waals surface area (Å²) < 4.78 is 0. The second-order valence-corrected chi connectivity index (χ2v) is 5.05. The monoisotopic (exact) mass is 233 g/mol. The maximum atomic E-state index is 10.2. The van der Waals surface area contributed by atoms with Crippen LogP contribution < -0.4 is 0 Å². The number of nitrogens with zero attached hydrogens (tertiary/aromatic N) is 1. The van der Waals surface area contributed by atoms with Crippen molar-refractivity contribution in [3.8, 4) is 0 Å². The summed E-state index contributed by atoms with van der Waals surface area (Å²) in [6.07, 6.45) is 2.20. The van der Waals surface area contributed by atoms with E-state index in [0.29, 0.717) is 0 Å². The third-order valence-electron chi connectivity index (χ3n) is 2.58. The molecule has 16 heavy (non-hydrogen) atoms. The van der Waals surface area contributed by atoms with Crippen LogP contribution in [0, 0.1) is 6.92 Å². The molecule has 1 aromatic carbocycles. The summed E-state index contributed by atoms with van der Waals surface area (Å²) in [5.74, 6) is 0. The highest BCUT2D eigenvalue weighted by atomic mass is 32.1. The number of aliphatic hydroxyl groups excluding tert-OH is 1. The van der Waals surface area contributed by atoms with Gasteiger partial charge >= 0.3 is 0 Å².